The number of hydrogen-bond donors (Lipinski definition) is 0. The zero-order valence-corrected chi connectivity index (χ0v) is 4.53. The molecule has 0 N–H and O–H groups in total. The molecule has 0 aliphatic carbocycles. The number of hydrogen-bond acceptors (Lipinski definition) is 3. The first-order valence-corrected chi connectivity index (χ1v) is 2.33. The van der Waals surface area contributed by atoms with Gasteiger partial charge in [-0.25, -0.2) is 4.79 Å². The molecule has 0 aromatic heterocycles. The quantitative estimate of drug-likeness (QED) is 0.351. The van der Waals surface area contributed by atoms with Gasteiger partial charge < -0.3 is 9.47 Å². The Morgan fingerprint density at radius 2 is 2.56 bits per heavy atom. The fourth-order valence-electron chi connectivity index (χ4n) is 0.427. The van der Waals surface area contributed by atoms with Gasteiger partial charge in [0.05, 0.1) is 6.26 Å². The lowest BCUT2D eigenvalue weighted by molar-refractivity contribution is 0.0663. The fourth-order valence-corrected chi connectivity index (χ4v) is 0.427. The highest BCUT2D eigenvalue weighted by atomic mass is 16.7. The lowest BCUT2D eigenvalue weighted by atomic mass is 10.3. The Hall–Kier alpha value is -1.43. The maximum Gasteiger partial charge on any atom is 0.514 e. The fraction of sp³-hybridized carbons (Fsp3) is 0.167. The van der Waals surface area contributed by atoms with E-state index in [0.29, 0.717) is 0 Å². The monoisotopic (exact) mass is 124 g/mol. The van der Waals surface area contributed by atoms with E-state index in [1.165, 1.54) is 12.3 Å². The summed E-state index contributed by atoms with van der Waals surface area (Å²) in [5.41, 5.74) is 0. The molecule has 0 bridgehead atoms. The van der Waals surface area contributed by atoms with E-state index in [9.17, 15) is 4.79 Å². The molecular weight excluding hydrogens is 120 g/mol. The number of carbonyl (C=O) groups excluding carboxylic acids is 1. The Balaban J connectivity index is 2.62. The van der Waals surface area contributed by atoms with Crippen LogP contribution in [0.15, 0.2) is 12.3 Å². The first-order valence-electron chi connectivity index (χ1n) is 2.33. The third kappa shape index (κ3) is 1.23. The summed E-state index contributed by atoms with van der Waals surface area (Å²) < 4.78 is 8.72. The van der Waals surface area contributed by atoms with E-state index < -0.39 is 12.3 Å². The molecule has 0 saturated heterocycles. The summed E-state index contributed by atoms with van der Waals surface area (Å²) in [5.74, 6) is 2.22. The van der Waals surface area contributed by atoms with Crippen molar-refractivity contribution in [3.05, 3.63) is 12.3 Å². The minimum absolute atomic E-state index is 0.564. The van der Waals surface area contributed by atoms with Crippen molar-refractivity contribution in [3.8, 4) is 12.3 Å². The zero-order valence-electron chi connectivity index (χ0n) is 4.53. The summed E-state index contributed by atoms with van der Waals surface area (Å²) in [6.07, 6.45) is 6.31. The highest BCUT2D eigenvalue weighted by Crippen LogP contribution is 2.02. The van der Waals surface area contributed by atoms with Crippen LogP contribution in [-0.2, 0) is 9.47 Å². The smallest absolute Gasteiger partial charge is 0.413 e. The highest BCUT2D eigenvalue weighted by molar-refractivity contribution is 5.62. The van der Waals surface area contributed by atoms with Gasteiger partial charge in [0.25, 0.3) is 0 Å². The van der Waals surface area contributed by atoms with Crippen LogP contribution < -0.4 is 0 Å². The number of cyclic esters (lactones) is 2. The second-order valence-electron chi connectivity index (χ2n) is 1.40. The zero-order chi connectivity index (χ0) is 6.69. The van der Waals surface area contributed by atoms with Gasteiger partial charge in [-0.1, -0.05) is 5.92 Å². The van der Waals surface area contributed by atoms with Crippen LogP contribution in [0.1, 0.15) is 0 Å². The van der Waals surface area contributed by atoms with Crippen LogP contribution in [0, 0.1) is 12.3 Å². The molecule has 0 radical (unpaired) electrons. The van der Waals surface area contributed by atoms with Crippen molar-refractivity contribution in [2.24, 2.45) is 0 Å². The van der Waals surface area contributed by atoms with Crippen molar-refractivity contribution >= 4 is 6.16 Å². The van der Waals surface area contributed by atoms with Gasteiger partial charge in [0.1, 0.15) is 0 Å². The molecule has 0 saturated carbocycles. The predicted molar refractivity (Wildman–Crippen MR) is 29.3 cm³/mol. The molecule has 1 unspecified atom stereocenters. The number of ether oxygens (including phenoxy) is 2. The standard InChI is InChI=1S/C6H4O3/c1-2-5-3-4-8-6(7)9-5/h1,3-5H. The predicted octanol–water partition coefficient (Wildman–Crippen LogP) is 0.669. The van der Waals surface area contributed by atoms with Crippen molar-refractivity contribution in [3.63, 3.8) is 0 Å². The van der Waals surface area contributed by atoms with Gasteiger partial charge in [-0.05, 0) is 0 Å². The average Bonchev–Trinajstić information content (AvgIpc) is 1.88. The van der Waals surface area contributed by atoms with E-state index in [0.717, 1.165) is 0 Å². The van der Waals surface area contributed by atoms with Crippen LogP contribution in [0.2, 0.25) is 0 Å². The minimum Gasteiger partial charge on any atom is -0.413 e. The summed E-state index contributed by atoms with van der Waals surface area (Å²) in [7, 11) is 0. The second kappa shape index (κ2) is 2.23. The molecule has 0 fully saturated rings. The first kappa shape index (κ1) is 5.70. The topological polar surface area (TPSA) is 35.5 Å². The van der Waals surface area contributed by atoms with E-state index in [4.69, 9.17) is 6.42 Å². The average molecular weight is 124 g/mol. The largest absolute Gasteiger partial charge is 0.514 e. The van der Waals surface area contributed by atoms with Crippen LogP contribution >= 0.6 is 0 Å². The summed E-state index contributed by atoms with van der Waals surface area (Å²) in [6.45, 7) is 0. The summed E-state index contributed by atoms with van der Waals surface area (Å²) in [4.78, 5) is 10.2. The normalized spacial score (nSPS) is 23.9. The Morgan fingerprint density at radius 1 is 1.78 bits per heavy atom. The summed E-state index contributed by atoms with van der Waals surface area (Å²) >= 11 is 0. The van der Waals surface area contributed by atoms with E-state index >= 15 is 0 Å². The number of terminal acetylenes is 1. The molecule has 1 heterocycles. The van der Waals surface area contributed by atoms with Crippen LogP contribution in [0.4, 0.5) is 4.79 Å². The van der Waals surface area contributed by atoms with E-state index in [1.807, 2.05) is 0 Å². The molecule has 3 heteroatoms. The first-order chi connectivity index (χ1) is 4.33. The van der Waals surface area contributed by atoms with Gasteiger partial charge in [0.15, 0.2) is 6.10 Å². The molecule has 0 spiro atoms. The molecule has 1 atom stereocenters. The van der Waals surface area contributed by atoms with Crippen molar-refractivity contribution in [1.82, 2.24) is 0 Å². The van der Waals surface area contributed by atoms with Crippen molar-refractivity contribution in [1.29, 1.82) is 0 Å². The van der Waals surface area contributed by atoms with E-state index in [-0.39, 0.29) is 0 Å². The molecule has 46 valence electrons. The van der Waals surface area contributed by atoms with Crippen LogP contribution in [0.25, 0.3) is 0 Å². The van der Waals surface area contributed by atoms with E-state index in [1.54, 1.807) is 0 Å². The SMILES string of the molecule is C#CC1C=COC(=O)O1. The molecule has 3 nitrogen and oxygen atoms in total. The summed E-state index contributed by atoms with van der Waals surface area (Å²) in [6, 6.07) is 0. The van der Waals surface area contributed by atoms with Gasteiger partial charge in [0, 0.05) is 6.08 Å². The van der Waals surface area contributed by atoms with Crippen molar-refractivity contribution in [2.45, 2.75) is 6.10 Å². The highest BCUT2D eigenvalue weighted by Gasteiger charge is 2.12. The molecule has 0 amide bonds. The van der Waals surface area contributed by atoms with E-state index in [2.05, 4.69) is 15.4 Å². The van der Waals surface area contributed by atoms with Gasteiger partial charge in [-0.2, -0.15) is 0 Å². The maximum atomic E-state index is 10.2. The van der Waals surface area contributed by atoms with Gasteiger partial charge in [0.2, 0.25) is 0 Å². The minimum atomic E-state index is -0.750. The lowest BCUT2D eigenvalue weighted by Gasteiger charge is -2.10. The van der Waals surface area contributed by atoms with Crippen LogP contribution in [0.3, 0.4) is 0 Å². The Bertz CT molecular complexity index is 187. The number of carbonyl (C=O) groups is 1. The second-order valence-corrected chi connectivity index (χ2v) is 1.40. The maximum absolute atomic E-state index is 10.2. The van der Waals surface area contributed by atoms with Gasteiger partial charge >= 0.3 is 6.16 Å². The molecule has 1 aliphatic heterocycles. The Labute approximate surface area is 52.3 Å². The molecule has 9 heavy (non-hydrogen) atoms. The lowest BCUT2D eigenvalue weighted by Crippen LogP contribution is -2.17. The van der Waals surface area contributed by atoms with Gasteiger partial charge in [-0.3, -0.25) is 0 Å². The van der Waals surface area contributed by atoms with Crippen LogP contribution in [-0.4, -0.2) is 12.3 Å². The number of rotatable bonds is 0. The molecule has 0 aromatic carbocycles. The third-order valence-corrected chi connectivity index (χ3v) is 0.805. The van der Waals surface area contributed by atoms with Crippen molar-refractivity contribution < 1.29 is 14.3 Å². The third-order valence-electron chi connectivity index (χ3n) is 0.805. The molecule has 1 rings (SSSR count). The van der Waals surface area contributed by atoms with Crippen LogP contribution in [0.5, 0.6) is 0 Å². The van der Waals surface area contributed by atoms with Crippen molar-refractivity contribution in [2.75, 3.05) is 0 Å². The molecule has 0 aromatic rings. The molecular formula is C6H4O3. The summed E-state index contributed by atoms with van der Waals surface area (Å²) in [5, 5.41) is 0. The Kier molecular flexibility index (Phi) is 1.41. The Morgan fingerprint density at radius 3 is 3.00 bits per heavy atom. The molecule has 1 aliphatic rings. The van der Waals surface area contributed by atoms with Gasteiger partial charge in [-0.15, -0.1) is 6.42 Å².